The highest BCUT2D eigenvalue weighted by molar-refractivity contribution is 6.02. The smallest absolute Gasteiger partial charge is 0.289 e. The molecule has 154 valence electrons. The number of pyridine rings is 1. The third-order valence-corrected chi connectivity index (χ3v) is 5.57. The minimum atomic E-state index is -0.260. The van der Waals surface area contributed by atoms with Gasteiger partial charge in [-0.3, -0.25) is 19.6 Å². The number of nitrogens with zero attached hydrogens (tertiary/aromatic N) is 4. The van der Waals surface area contributed by atoms with Crippen LogP contribution in [0.4, 0.5) is 0 Å². The van der Waals surface area contributed by atoms with Crippen molar-refractivity contribution in [3.05, 3.63) is 78.4 Å². The standard InChI is InChI=1S/C24H22N6O/c1-15(16-6-4-3-5-7-16)14-26-24(31)23-27-19-12-18-21(13-20(19)28-23)30(2)29-22(18)17-8-10-25-11-9-17/h3-13,15,29H,14H2,1-2H3,(H,26,31)/t15-/m1/s1. The van der Waals surface area contributed by atoms with Crippen LogP contribution in [0.2, 0.25) is 0 Å². The Balaban J connectivity index is 1.43. The van der Waals surface area contributed by atoms with Crippen LogP contribution in [0.3, 0.4) is 0 Å². The second kappa shape index (κ2) is 7.68. The number of aromatic amines is 1. The lowest BCUT2D eigenvalue weighted by Crippen LogP contribution is -2.28. The van der Waals surface area contributed by atoms with E-state index in [4.69, 9.17) is 0 Å². The molecule has 1 amide bonds. The van der Waals surface area contributed by atoms with E-state index < -0.39 is 0 Å². The van der Waals surface area contributed by atoms with E-state index in [0.717, 1.165) is 22.2 Å². The van der Waals surface area contributed by atoms with Crippen molar-refractivity contribution in [2.24, 2.45) is 7.05 Å². The van der Waals surface area contributed by atoms with Gasteiger partial charge in [0, 0.05) is 36.9 Å². The van der Waals surface area contributed by atoms with Crippen LogP contribution >= 0.6 is 0 Å². The fraction of sp³-hybridized carbons (Fsp3) is 0.167. The van der Waals surface area contributed by atoms with Crippen LogP contribution < -0.4 is 5.32 Å². The Morgan fingerprint density at radius 2 is 1.77 bits per heavy atom. The molecule has 0 unspecified atom stereocenters. The number of amides is 1. The number of carbonyl (C=O) groups excluding carboxylic acids is 1. The Morgan fingerprint density at radius 3 is 2.52 bits per heavy atom. The molecule has 0 radical (unpaired) electrons. The second-order valence-electron chi connectivity index (χ2n) is 7.71. The van der Waals surface area contributed by atoms with Crippen molar-refractivity contribution in [2.75, 3.05) is 6.54 Å². The Morgan fingerprint density at radius 1 is 1.06 bits per heavy atom. The first-order valence-electron chi connectivity index (χ1n) is 10.2. The Labute approximate surface area is 179 Å². The summed E-state index contributed by atoms with van der Waals surface area (Å²) < 4.78 is 1.94. The third-order valence-electron chi connectivity index (χ3n) is 5.57. The molecule has 5 aromatic rings. The summed E-state index contributed by atoms with van der Waals surface area (Å²) in [6.07, 6.45) is 3.53. The molecule has 3 heterocycles. The number of hydrogen-bond donors (Lipinski definition) is 2. The number of fused-ring (bicyclic) bond motifs is 2. The lowest BCUT2D eigenvalue weighted by molar-refractivity contribution is 0.0942. The molecule has 0 bridgehead atoms. The van der Waals surface area contributed by atoms with E-state index in [1.807, 2.05) is 54.2 Å². The van der Waals surface area contributed by atoms with Crippen molar-refractivity contribution in [3.8, 4) is 11.3 Å². The van der Waals surface area contributed by atoms with E-state index in [0.29, 0.717) is 17.6 Å². The van der Waals surface area contributed by atoms with Gasteiger partial charge in [0.05, 0.1) is 22.2 Å². The number of carbonyl (C=O) groups is 1. The fourth-order valence-corrected chi connectivity index (χ4v) is 3.83. The molecule has 1 atom stereocenters. The fourth-order valence-electron chi connectivity index (χ4n) is 3.83. The van der Waals surface area contributed by atoms with Crippen molar-refractivity contribution in [3.63, 3.8) is 0 Å². The summed E-state index contributed by atoms with van der Waals surface area (Å²) in [5.74, 6) is 0.138. The van der Waals surface area contributed by atoms with Gasteiger partial charge >= 0.3 is 0 Å². The first-order chi connectivity index (χ1) is 15.1. The van der Waals surface area contributed by atoms with Gasteiger partial charge < -0.3 is 5.32 Å². The zero-order valence-electron chi connectivity index (χ0n) is 17.3. The summed E-state index contributed by atoms with van der Waals surface area (Å²) in [5.41, 5.74) is 5.58. The van der Waals surface area contributed by atoms with Gasteiger partial charge in [0.1, 0.15) is 0 Å². The molecule has 0 saturated carbocycles. The monoisotopic (exact) mass is 410 g/mol. The first-order valence-corrected chi connectivity index (χ1v) is 10.2. The van der Waals surface area contributed by atoms with Gasteiger partial charge in [-0.15, -0.1) is 0 Å². The largest absolute Gasteiger partial charge is 0.349 e. The van der Waals surface area contributed by atoms with Crippen molar-refractivity contribution in [1.82, 2.24) is 30.0 Å². The summed E-state index contributed by atoms with van der Waals surface area (Å²) >= 11 is 0. The average Bonchev–Trinajstić information content (AvgIpc) is 3.37. The molecule has 0 spiro atoms. The molecule has 2 aromatic carbocycles. The van der Waals surface area contributed by atoms with Crippen LogP contribution in [0.5, 0.6) is 0 Å². The summed E-state index contributed by atoms with van der Waals surface area (Å²) in [5, 5.41) is 7.35. The molecule has 0 fully saturated rings. The molecule has 0 aliphatic carbocycles. The first kappa shape index (κ1) is 19.0. The maximum Gasteiger partial charge on any atom is 0.289 e. The SMILES string of the molecule is C[C@H](CNC(=O)c1nc2cc3c(-c4ccncc4)[nH]n(C)c3cc2n1)c1ccccc1. The molecular formula is C24H22N6O. The average molecular weight is 410 g/mol. The van der Waals surface area contributed by atoms with Crippen LogP contribution in [0.15, 0.2) is 67.0 Å². The quantitative estimate of drug-likeness (QED) is 0.458. The van der Waals surface area contributed by atoms with E-state index in [9.17, 15) is 4.79 Å². The molecule has 0 aliphatic heterocycles. The van der Waals surface area contributed by atoms with Gasteiger partial charge in [-0.1, -0.05) is 37.3 Å². The molecule has 3 aromatic heterocycles. The van der Waals surface area contributed by atoms with E-state index in [1.54, 1.807) is 12.4 Å². The number of benzene rings is 2. The van der Waals surface area contributed by atoms with E-state index >= 15 is 0 Å². The number of rotatable bonds is 5. The van der Waals surface area contributed by atoms with Crippen molar-refractivity contribution < 1.29 is 4.79 Å². The lowest BCUT2D eigenvalue weighted by atomic mass is 10.0. The van der Waals surface area contributed by atoms with Crippen LogP contribution in [-0.2, 0) is 7.05 Å². The number of aryl methyl sites for hydroxylation is 1. The summed E-state index contributed by atoms with van der Waals surface area (Å²) in [4.78, 5) is 25.7. The molecule has 2 N–H and O–H groups in total. The van der Waals surface area contributed by atoms with E-state index in [-0.39, 0.29) is 17.6 Å². The van der Waals surface area contributed by atoms with E-state index in [2.05, 4.69) is 44.4 Å². The topological polar surface area (TPSA) is 88.5 Å². The zero-order chi connectivity index (χ0) is 21.4. The van der Waals surface area contributed by atoms with Crippen LogP contribution in [0, 0.1) is 0 Å². The van der Waals surface area contributed by atoms with Crippen LogP contribution in [-0.4, -0.2) is 37.2 Å². The maximum atomic E-state index is 12.7. The Kier molecular flexibility index (Phi) is 4.71. The van der Waals surface area contributed by atoms with Crippen molar-refractivity contribution >= 4 is 27.8 Å². The predicted molar refractivity (Wildman–Crippen MR) is 121 cm³/mol. The number of H-pyrrole nitrogens is 1. The summed E-state index contributed by atoms with van der Waals surface area (Å²) in [6.45, 7) is 2.61. The minimum absolute atomic E-state index is 0.194. The van der Waals surface area contributed by atoms with Crippen molar-refractivity contribution in [1.29, 1.82) is 0 Å². The van der Waals surface area contributed by atoms with Crippen LogP contribution in [0.1, 0.15) is 29.0 Å². The van der Waals surface area contributed by atoms with Gasteiger partial charge in [0.15, 0.2) is 0 Å². The maximum absolute atomic E-state index is 12.7. The second-order valence-corrected chi connectivity index (χ2v) is 7.71. The molecule has 7 nitrogen and oxygen atoms in total. The molecule has 31 heavy (non-hydrogen) atoms. The molecule has 5 rings (SSSR count). The summed E-state index contributed by atoms with van der Waals surface area (Å²) in [7, 11) is 1.95. The molecule has 0 saturated heterocycles. The lowest BCUT2D eigenvalue weighted by Gasteiger charge is -2.12. The normalized spacial score (nSPS) is 12.3. The highest BCUT2D eigenvalue weighted by Gasteiger charge is 2.17. The number of imidazole rings is 1. The highest BCUT2D eigenvalue weighted by Crippen LogP contribution is 2.30. The number of nitrogens with one attached hydrogen (secondary N) is 2. The van der Waals surface area contributed by atoms with Crippen LogP contribution in [0.25, 0.3) is 33.2 Å². The van der Waals surface area contributed by atoms with Gasteiger partial charge in [-0.25, -0.2) is 9.97 Å². The van der Waals surface area contributed by atoms with E-state index in [1.165, 1.54) is 5.56 Å². The molecule has 0 aliphatic rings. The highest BCUT2D eigenvalue weighted by atomic mass is 16.2. The van der Waals surface area contributed by atoms with Gasteiger partial charge in [0.2, 0.25) is 5.82 Å². The Hall–Kier alpha value is -4.00. The molecular weight excluding hydrogens is 388 g/mol. The minimum Gasteiger partial charge on any atom is -0.349 e. The van der Waals surface area contributed by atoms with Gasteiger partial charge in [-0.05, 0) is 35.7 Å². The predicted octanol–water partition coefficient (Wildman–Crippen LogP) is 4.05. The van der Waals surface area contributed by atoms with Gasteiger partial charge in [0.25, 0.3) is 5.91 Å². The number of aromatic nitrogens is 5. The zero-order valence-corrected chi connectivity index (χ0v) is 17.3. The third kappa shape index (κ3) is 3.54. The molecule has 7 heteroatoms. The number of hydrogen-bond acceptors (Lipinski definition) is 4. The summed E-state index contributed by atoms with van der Waals surface area (Å²) in [6, 6.07) is 18.0. The van der Waals surface area contributed by atoms with Gasteiger partial charge in [-0.2, -0.15) is 0 Å². The van der Waals surface area contributed by atoms with Crippen molar-refractivity contribution in [2.45, 2.75) is 12.8 Å². The Bertz CT molecular complexity index is 1370.